The van der Waals surface area contributed by atoms with Crippen molar-refractivity contribution < 1.29 is 0 Å². The fourth-order valence-electron chi connectivity index (χ4n) is 1.76. The summed E-state index contributed by atoms with van der Waals surface area (Å²) in [6, 6.07) is 9.35. The highest BCUT2D eigenvalue weighted by Crippen LogP contribution is 2.32. The predicted molar refractivity (Wildman–Crippen MR) is 89.5 cm³/mol. The number of nitrogens with zero attached hydrogens (tertiary/aromatic N) is 3. The lowest BCUT2D eigenvalue weighted by atomic mass is 10.2. The summed E-state index contributed by atoms with van der Waals surface area (Å²) in [6.07, 6.45) is 0. The zero-order valence-corrected chi connectivity index (χ0v) is 13.8. The highest BCUT2D eigenvalue weighted by molar-refractivity contribution is 7.98. The van der Waals surface area contributed by atoms with Crippen LogP contribution in [0.3, 0.4) is 0 Å². The second-order valence-electron chi connectivity index (χ2n) is 4.14. The first-order chi connectivity index (χ1) is 10.2. The van der Waals surface area contributed by atoms with Gasteiger partial charge >= 0.3 is 0 Å². The van der Waals surface area contributed by atoms with E-state index in [-0.39, 0.29) is 0 Å². The molecule has 0 bridgehead atoms. The van der Waals surface area contributed by atoms with Crippen molar-refractivity contribution in [3.8, 4) is 10.7 Å². The molecule has 0 aliphatic heterocycles. The van der Waals surface area contributed by atoms with Gasteiger partial charge in [0, 0.05) is 15.8 Å². The molecule has 0 radical (unpaired) electrons. The molecule has 0 amide bonds. The van der Waals surface area contributed by atoms with Crippen LogP contribution in [0.2, 0.25) is 10.0 Å². The Bertz CT molecular complexity index is 735. The number of nitrogens with two attached hydrogens (primary N) is 1. The van der Waals surface area contributed by atoms with Crippen molar-refractivity contribution in [2.45, 2.75) is 10.9 Å². The third-order valence-electron chi connectivity index (χ3n) is 2.81. The molecule has 3 aromatic rings. The minimum atomic E-state index is 0.582. The van der Waals surface area contributed by atoms with Crippen molar-refractivity contribution in [2.75, 3.05) is 5.84 Å². The number of thiophene rings is 1. The monoisotopic (exact) mass is 356 g/mol. The maximum Gasteiger partial charge on any atom is 0.210 e. The number of thioether (sulfide) groups is 1. The Morgan fingerprint density at radius 2 is 1.90 bits per heavy atom. The fraction of sp³-hybridized carbons (Fsp3) is 0.0769. The van der Waals surface area contributed by atoms with E-state index in [0.29, 0.717) is 26.8 Å². The van der Waals surface area contributed by atoms with E-state index in [2.05, 4.69) is 10.2 Å². The first kappa shape index (κ1) is 14.7. The molecule has 4 nitrogen and oxygen atoms in total. The highest BCUT2D eigenvalue weighted by Gasteiger charge is 2.14. The molecule has 0 spiro atoms. The lowest BCUT2D eigenvalue weighted by molar-refractivity contribution is 0.850. The number of hydrogen-bond donors (Lipinski definition) is 1. The van der Waals surface area contributed by atoms with Gasteiger partial charge in [0.2, 0.25) is 5.16 Å². The van der Waals surface area contributed by atoms with Crippen LogP contribution in [0.5, 0.6) is 0 Å². The van der Waals surface area contributed by atoms with E-state index in [4.69, 9.17) is 29.0 Å². The Balaban J connectivity index is 1.81. The van der Waals surface area contributed by atoms with Crippen molar-refractivity contribution in [1.29, 1.82) is 0 Å². The predicted octanol–water partition coefficient (Wildman–Crippen LogP) is 4.32. The highest BCUT2D eigenvalue weighted by atomic mass is 35.5. The van der Waals surface area contributed by atoms with Crippen LogP contribution in [0, 0.1) is 0 Å². The van der Waals surface area contributed by atoms with Gasteiger partial charge in [-0.15, -0.1) is 21.5 Å². The molecular weight excluding hydrogens is 347 g/mol. The molecule has 0 unspecified atom stereocenters. The lowest BCUT2D eigenvalue weighted by Gasteiger charge is -2.06. The molecule has 21 heavy (non-hydrogen) atoms. The van der Waals surface area contributed by atoms with E-state index in [1.807, 2.05) is 35.7 Å². The number of aromatic nitrogens is 3. The lowest BCUT2D eigenvalue weighted by Crippen LogP contribution is -2.11. The number of nitrogen functional groups attached to an aromatic ring is 1. The van der Waals surface area contributed by atoms with E-state index in [0.717, 1.165) is 10.4 Å². The summed E-state index contributed by atoms with van der Waals surface area (Å²) in [5.41, 5.74) is 0.867. The van der Waals surface area contributed by atoms with Crippen molar-refractivity contribution in [2.24, 2.45) is 0 Å². The van der Waals surface area contributed by atoms with Gasteiger partial charge < -0.3 is 5.84 Å². The summed E-state index contributed by atoms with van der Waals surface area (Å²) in [6.45, 7) is 0. The Labute approximate surface area is 139 Å². The zero-order valence-electron chi connectivity index (χ0n) is 10.7. The molecule has 3 rings (SSSR count). The Morgan fingerprint density at radius 1 is 1.14 bits per heavy atom. The van der Waals surface area contributed by atoms with Crippen molar-refractivity contribution in [3.63, 3.8) is 0 Å². The molecule has 108 valence electrons. The maximum atomic E-state index is 6.15. The smallest absolute Gasteiger partial charge is 0.210 e. The fourth-order valence-corrected chi connectivity index (χ4v) is 4.06. The third-order valence-corrected chi connectivity index (χ3v) is 5.36. The first-order valence-corrected chi connectivity index (χ1v) is 8.59. The van der Waals surface area contributed by atoms with Gasteiger partial charge in [0.1, 0.15) is 0 Å². The standard InChI is InChI=1S/C13H10Cl2N4S2/c14-9-3-1-4-10(15)8(9)7-21-13-18-17-12(19(13)16)11-5-2-6-20-11/h1-6H,7,16H2. The molecular formula is C13H10Cl2N4S2. The van der Waals surface area contributed by atoms with Gasteiger partial charge in [0.25, 0.3) is 0 Å². The summed E-state index contributed by atoms with van der Waals surface area (Å²) in [5.74, 6) is 7.28. The van der Waals surface area contributed by atoms with Crippen molar-refractivity contribution >= 4 is 46.3 Å². The Hall–Kier alpha value is -1.21. The molecule has 1 aromatic carbocycles. The largest absolute Gasteiger partial charge is 0.335 e. The maximum absolute atomic E-state index is 6.15. The van der Waals surface area contributed by atoms with Gasteiger partial charge in [-0.1, -0.05) is 47.1 Å². The SMILES string of the molecule is Nn1c(SCc2c(Cl)cccc2Cl)nnc1-c1cccs1. The molecule has 2 aromatic heterocycles. The van der Waals surface area contributed by atoms with Crippen LogP contribution < -0.4 is 5.84 Å². The summed E-state index contributed by atoms with van der Waals surface area (Å²) in [7, 11) is 0. The molecule has 0 aliphatic rings. The number of benzene rings is 1. The van der Waals surface area contributed by atoms with Crippen LogP contribution in [0.15, 0.2) is 40.9 Å². The number of rotatable bonds is 4. The van der Waals surface area contributed by atoms with E-state index in [1.54, 1.807) is 11.3 Å². The molecule has 0 fully saturated rings. The van der Waals surface area contributed by atoms with Crippen LogP contribution in [0.1, 0.15) is 5.56 Å². The number of halogens is 2. The molecule has 8 heteroatoms. The Morgan fingerprint density at radius 3 is 2.57 bits per heavy atom. The van der Waals surface area contributed by atoms with Crippen LogP contribution in [0.4, 0.5) is 0 Å². The topological polar surface area (TPSA) is 56.7 Å². The van der Waals surface area contributed by atoms with Crippen LogP contribution >= 0.6 is 46.3 Å². The van der Waals surface area contributed by atoms with Crippen molar-refractivity contribution in [1.82, 2.24) is 14.9 Å². The van der Waals surface area contributed by atoms with Gasteiger partial charge in [0.05, 0.1) is 4.88 Å². The zero-order chi connectivity index (χ0) is 14.8. The normalized spacial score (nSPS) is 11.0. The van der Waals surface area contributed by atoms with E-state index >= 15 is 0 Å². The van der Waals surface area contributed by atoms with Gasteiger partial charge in [-0.3, -0.25) is 0 Å². The molecule has 0 saturated carbocycles. The first-order valence-electron chi connectivity index (χ1n) is 5.97. The van der Waals surface area contributed by atoms with Crippen molar-refractivity contribution in [3.05, 3.63) is 51.3 Å². The summed E-state index contributed by atoms with van der Waals surface area (Å²) >= 11 is 15.3. The van der Waals surface area contributed by atoms with Crippen LogP contribution in [0.25, 0.3) is 10.7 Å². The van der Waals surface area contributed by atoms with E-state index in [9.17, 15) is 0 Å². The molecule has 0 saturated heterocycles. The Kier molecular flexibility index (Phi) is 4.40. The van der Waals surface area contributed by atoms with Gasteiger partial charge in [-0.25, -0.2) is 4.68 Å². The third kappa shape index (κ3) is 3.03. The molecule has 2 heterocycles. The number of hydrogen-bond acceptors (Lipinski definition) is 5. The van der Waals surface area contributed by atoms with Gasteiger partial charge in [-0.05, 0) is 29.1 Å². The minimum Gasteiger partial charge on any atom is -0.335 e. The summed E-state index contributed by atoms with van der Waals surface area (Å²) < 4.78 is 1.49. The summed E-state index contributed by atoms with van der Waals surface area (Å²) in [5, 5.41) is 12.1. The average molecular weight is 357 g/mol. The van der Waals surface area contributed by atoms with Gasteiger partial charge in [0.15, 0.2) is 5.82 Å². The quantitative estimate of drug-likeness (QED) is 0.558. The average Bonchev–Trinajstić information content (AvgIpc) is 3.08. The van der Waals surface area contributed by atoms with E-state index in [1.165, 1.54) is 16.4 Å². The van der Waals surface area contributed by atoms with Crippen LogP contribution in [-0.2, 0) is 5.75 Å². The second kappa shape index (κ2) is 6.27. The minimum absolute atomic E-state index is 0.582. The van der Waals surface area contributed by atoms with E-state index < -0.39 is 0 Å². The molecule has 0 atom stereocenters. The molecule has 0 aliphatic carbocycles. The second-order valence-corrected chi connectivity index (χ2v) is 6.85. The molecule has 2 N–H and O–H groups in total. The van der Waals surface area contributed by atoms with Gasteiger partial charge in [-0.2, -0.15) is 0 Å². The summed E-state index contributed by atoms with van der Waals surface area (Å²) in [4.78, 5) is 0.979. The van der Waals surface area contributed by atoms with Crippen LogP contribution in [-0.4, -0.2) is 14.9 Å².